The van der Waals surface area contributed by atoms with Crippen molar-refractivity contribution in [1.82, 2.24) is 4.90 Å². The summed E-state index contributed by atoms with van der Waals surface area (Å²) in [6.45, 7) is 5.18. The van der Waals surface area contributed by atoms with Crippen LogP contribution in [0.2, 0.25) is 0 Å². The minimum absolute atomic E-state index is 0.0994. The van der Waals surface area contributed by atoms with Gasteiger partial charge in [0.1, 0.15) is 5.54 Å². The molecule has 0 aromatic rings. The van der Waals surface area contributed by atoms with Gasteiger partial charge in [-0.1, -0.05) is 13.8 Å². The topological polar surface area (TPSA) is 74.7 Å². The summed E-state index contributed by atoms with van der Waals surface area (Å²) in [5.74, 6) is -1.78. The zero-order valence-electron chi connectivity index (χ0n) is 9.82. The molecule has 1 atom stereocenters. The maximum absolute atomic E-state index is 11.6. The summed E-state index contributed by atoms with van der Waals surface area (Å²) in [5.41, 5.74) is -1.40. The third-order valence-electron chi connectivity index (χ3n) is 2.81. The Bertz CT molecular complexity index is 321. The highest BCUT2D eigenvalue weighted by Crippen LogP contribution is 2.29. The second kappa shape index (κ2) is 4.23. The van der Waals surface area contributed by atoms with Crippen molar-refractivity contribution in [2.75, 3.05) is 0 Å². The molecular formula is C11H17NO4. The summed E-state index contributed by atoms with van der Waals surface area (Å²) < 4.78 is 0. The zero-order chi connectivity index (χ0) is 12.5. The van der Waals surface area contributed by atoms with Crippen molar-refractivity contribution in [3.63, 3.8) is 0 Å². The van der Waals surface area contributed by atoms with Gasteiger partial charge < -0.3 is 5.11 Å². The molecule has 90 valence electrons. The van der Waals surface area contributed by atoms with E-state index in [1.54, 1.807) is 0 Å². The molecule has 0 aliphatic carbocycles. The van der Waals surface area contributed by atoms with E-state index < -0.39 is 11.5 Å². The van der Waals surface area contributed by atoms with Gasteiger partial charge in [-0.25, -0.2) is 4.79 Å². The van der Waals surface area contributed by atoms with Crippen LogP contribution in [0.5, 0.6) is 0 Å². The molecule has 5 nitrogen and oxygen atoms in total. The van der Waals surface area contributed by atoms with Crippen molar-refractivity contribution in [1.29, 1.82) is 0 Å². The number of carbonyl (C=O) groups excluding carboxylic acids is 2. The summed E-state index contributed by atoms with van der Waals surface area (Å²) in [5, 5.41) is 9.23. The number of imide groups is 1. The van der Waals surface area contributed by atoms with Crippen LogP contribution in [0.1, 0.15) is 40.0 Å². The number of carboxylic acid groups (broad SMARTS) is 1. The lowest BCUT2D eigenvalue weighted by Crippen LogP contribution is -2.55. The van der Waals surface area contributed by atoms with E-state index in [1.165, 1.54) is 6.92 Å². The van der Waals surface area contributed by atoms with Gasteiger partial charge in [0.2, 0.25) is 11.8 Å². The molecule has 1 unspecified atom stereocenters. The molecule has 1 rings (SSSR count). The van der Waals surface area contributed by atoms with Crippen molar-refractivity contribution in [2.24, 2.45) is 5.92 Å². The van der Waals surface area contributed by atoms with Crippen molar-refractivity contribution in [3.05, 3.63) is 0 Å². The number of hydrogen-bond acceptors (Lipinski definition) is 3. The molecular weight excluding hydrogens is 210 g/mol. The van der Waals surface area contributed by atoms with Crippen LogP contribution in [0.25, 0.3) is 0 Å². The molecule has 1 fully saturated rings. The van der Waals surface area contributed by atoms with Crippen molar-refractivity contribution >= 4 is 17.8 Å². The van der Waals surface area contributed by atoms with Gasteiger partial charge in [-0.15, -0.1) is 0 Å². The van der Waals surface area contributed by atoms with Gasteiger partial charge in [0.25, 0.3) is 0 Å². The average molecular weight is 227 g/mol. The number of carbonyl (C=O) groups is 3. The first kappa shape index (κ1) is 12.7. The number of nitrogens with zero attached hydrogens (tertiary/aromatic N) is 1. The summed E-state index contributed by atoms with van der Waals surface area (Å²) in [4.78, 5) is 35.3. The number of aliphatic carboxylic acids is 1. The molecule has 1 aliphatic heterocycles. The van der Waals surface area contributed by atoms with Crippen molar-refractivity contribution < 1.29 is 19.5 Å². The monoisotopic (exact) mass is 227 g/mol. The molecule has 1 saturated heterocycles. The highest BCUT2D eigenvalue weighted by molar-refractivity contribution is 6.06. The Morgan fingerprint density at radius 2 is 1.81 bits per heavy atom. The van der Waals surface area contributed by atoms with Crippen LogP contribution in [-0.4, -0.2) is 33.3 Å². The standard InChI is InChI=1S/C11H17NO4/c1-7(2)6-11(3,10(15)16)12-8(13)4-5-9(12)14/h7H,4-6H2,1-3H3,(H,15,16). The minimum Gasteiger partial charge on any atom is -0.479 e. The number of likely N-dealkylation sites (tertiary alicyclic amines) is 1. The SMILES string of the molecule is CC(C)CC(C)(C(=O)O)N1C(=O)CCC1=O. The van der Waals surface area contributed by atoms with Crippen molar-refractivity contribution in [3.8, 4) is 0 Å². The summed E-state index contributed by atoms with van der Waals surface area (Å²) in [6.07, 6.45) is 0.527. The van der Waals surface area contributed by atoms with E-state index >= 15 is 0 Å². The summed E-state index contributed by atoms with van der Waals surface area (Å²) in [7, 11) is 0. The molecule has 0 saturated carbocycles. The van der Waals surface area contributed by atoms with Crippen LogP contribution >= 0.6 is 0 Å². The second-order valence-electron chi connectivity index (χ2n) is 4.80. The van der Waals surface area contributed by atoms with Gasteiger partial charge in [-0.3, -0.25) is 14.5 Å². The van der Waals surface area contributed by atoms with Gasteiger partial charge in [-0.05, 0) is 19.3 Å². The normalized spacial score (nSPS) is 20.4. The van der Waals surface area contributed by atoms with Crippen LogP contribution in [0.4, 0.5) is 0 Å². The van der Waals surface area contributed by atoms with E-state index in [0.29, 0.717) is 0 Å². The van der Waals surface area contributed by atoms with Gasteiger partial charge >= 0.3 is 5.97 Å². The predicted molar refractivity (Wildman–Crippen MR) is 56.6 cm³/mol. The van der Waals surface area contributed by atoms with Gasteiger partial charge in [-0.2, -0.15) is 0 Å². The Morgan fingerprint density at radius 1 is 1.38 bits per heavy atom. The Kier molecular flexibility index (Phi) is 3.35. The molecule has 5 heteroatoms. The second-order valence-corrected chi connectivity index (χ2v) is 4.80. The molecule has 0 radical (unpaired) electrons. The van der Waals surface area contributed by atoms with Crippen LogP contribution in [0.15, 0.2) is 0 Å². The van der Waals surface area contributed by atoms with E-state index in [0.717, 1.165) is 4.90 Å². The highest BCUT2D eigenvalue weighted by atomic mass is 16.4. The lowest BCUT2D eigenvalue weighted by molar-refractivity contribution is -0.162. The molecule has 1 N–H and O–H groups in total. The fourth-order valence-corrected chi connectivity index (χ4v) is 2.20. The quantitative estimate of drug-likeness (QED) is 0.728. The Labute approximate surface area is 94.4 Å². The summed E-state index contributed by atoms with van der Waals surface area (Å²) in [6, 6.07) is 0. The fraction of sp³-hybridized carbons (Fsp3) is 0.727. The predicted octanol–water partition coefficient (Wildman–Crippen LogP) is 1.02. The number of hydrogen-bond donors (Lipinski definition) is 1. The van der Waals surface area contributed by atoms with E-state index in [1.807, 2.05) is 13.8 Å². The Hall–Kier alpha value is -1.39. The fourth-order valence-electron chi connectivity index (χ4n) is 2.20. The molecule has 0 aromatic heterocycles. The van der Waals surface area contributed by atoms with E-state index in [4.69, 9.17) is 0 Å². The molecule has 0 spiro atoms. The zero-order valence-corrected chi connectivity index (χ0v) is 9.82. The van der Waals surface area contributed by atoms with E-state index in [2.05, 4.69) is 0 Å². The third kappa shape index (κ3) is 2.08. The maximum Gasteiger partial charge on any atom is 0.329 e. The van der Waals surface area contributed by atoms with Crippen molar-refractivity contribution in [2.45, 2.75) is 45.6 Å². The Balaban J connectivity index is 3.05. The van der Waals surface area contributed by atoms with E-state index in [9.17, 15) is 19.5 Å². The number of carboxylic acids is 1. The third-order valence-corrected chi connectivity index (χ3v) is 2.81. The lowest BCUT2D eigenvalue weighted by atomic mass is 9.89. The van der Waals surface area contributed by atoms with E-state index in [-0.39, 0.29) is 37.0 Å². The average Bonchev–Trinajstić information content (AvgIpc) is 2.44. The minimum atomic E-state index is -1.40. The first-order valence-electron chi connectivity index (χ1n) is 5.38. The molecule has 16 heavy (non-hydrogen) atoms. The first-order valence-corrected chi connectivity index (χ1v) is 5.38. The molecule has 1 aliphatic rings. The van der Waals surface area contributed by atoms with Gasteiger partial charge in [0.15, 0.2) is 0 Å². The first-order chi connectivity index (χ1) is 7.29. The van der Waals surface area contributed by atoms with Gasteiger partial charge in [0.05, 0.1) is 0 Å². The Morgan fingerprint density at radius 3 is 2.12 bits per heavy atom. The number of rotatable bonds is 4. The van der Waals surface area contributed by atoms with Gasteiger partial charge in [0, 0.05) is 12.8 Å². The van der Waals surface area contributed by atoms with Crippen LogP contribution < -0.4 is 0 Å². The molecule has 2 amide bonds. The molecule has 0 bridgehead atoms. The number of amides is 2. The highest BCUT2D eigenvalue weighted by Gasteiger charge is 2.48. The van der Waals surface area contributed by atoms with Crippen LogP contribution in [0.3, 0.4) is 0 Å². The molecule has 1 heterocycles. The molecule has 0 aromatic carbocycles. The largest absolute Gasteiger partial charge is 0.479 e. The maximum atomic E-state index is 11.6. The lowest BCUT2D eigenvalue weighted by Gasteiger charge is -2.34. The van der Waals surface area contributed by atoms with Crippen LogP contribution in [0, 0.1) is 5.92 Å². The van der Waals surface area contributed by atoms with Crippen LogP contribution in [-0.2, 0) is 14.4 Å². The smallest absolute Gasteiger partial charge is 0.329 e. The summed E-state index contributed by atoms with van der Waals surface area (Å²) >= 11 is 0.